The molecule has 0 atom stereocenters. The highest BCUT2D eigenvalue weighted by Crippen LogP contribution is 2.10. The molecule has 0 aliphatic heterocycles. The quantitative estimate of drug-likeness (QED) is 0.750. The molecule has 0 aliphatic rings. The lowest BCUT2D eigenvalue weighted by Gasteiger charge is -2.19. The minimum atomic E-state index is -0.126. The third-order valence-electron chi connectivity index (χ3n) is 2.79. The third-order valence-corrected chi connectivity index (χ3v) is 2.79. The van der Waals surface area contributed by atoms with E-state index in [2.05, 4.69) is 41.0 Å². The summed E-state index contributed by atoms with van der Waals surface area (Å²) < 4.78 is 0. The fourth-order valence-electron chi connectivity index (χ4n) is 1.66. The molecule has 0 saturated heterocycles. The molecule has 0 aromatic carbocycles. The van der Waals surface area contributed by atoms with Crippen molar-refractivity contribution in [3.63, 3.8) is 0 Å². The molecule has 1 aromatic heterocycles. The largest absolute Gasteiger partial charge is 0.357 e. The Bertz CT molecular complexity index is 377. The van der Waals surface area contributed by atoms with Gasteiger partial charge >= 0.3 is 0 Å². The molecule has 1 heterocycles. The lowest BCUT2D eigenvalue weighted by atomic mass is 10.3. The van der Waals surface area contributed by atoms with Gasteiger partial charge in [0, 0.05) is 25.7 Å². The number of nitrogens with zero attached hydrogens (tertiary/aromatic N) is 3. The predicted molar refractivity (Wildman–Crippen MR) is 72.8 cm³/mol. The van der Waals surface area contributed by atoms with Gasteiger partial charge in [0.2, 0.25) is 0 Å². The smallest absolute Gasteiger partial charge is 0.270 e. The molecular formula is C13H22N4O. The van der Waals surface area contributed by atoms with Crippen LogP contribution in [-0.2, 0) is 0 Å². The number of hydrogen-bond acceptors (Lipinski definition) is 4. The van der Waals surface area contributed by atoms with Crippen molar-refractivity contribution in [3.8, 4) is 0 Å². The number of carbonyl (C=O) groups excluding carboxylic acids is 1. The van der Waals surface area contributed by atoms with E-state index in [1.807, 2.05) is 0 Å². The molecule has 1 N–H and O–H groups in total. The van der Waals surface area contributed by atoms with E-state index in [9.17, 15) is 4.79 Å². The van der Waals surface area contributed by atoms with E-state index in [-0.39, 0.29) is 5.91 Å². The average molecular weight is 250 g/mol. The Morgan fingerprint density at radius 2 is 2.00 bits per heavy atom. The van der Waals surface area contributed by atoms with Crippen LogP contribution < -0.4 is 10.2 Å². The summed E-state index contributed by atoms with van der Waals surface area (Å²) in [5.41, 5.74) is 0.433. The van der Waals surface area contributed by atoms with E-state index in [1.54, 1.807) is 6.07 Å². The first kappa shape index (κ1) is 14.4. The van der Waals surface area contributed by atoms with E-state index in [4.69, 9.17) is 0 Å². The molecule has 5 heteroatoms. The van der Waals surface area contributed by atoms with Crippen molar-refractivity contribution in [2.24, 2.45) is 0 Å². The van der Waals surface area contributed by atoms with Crippen molar-refractivity contribution in [1.82, 2.24) is 15.3 Å². The Hall–Kier alpha value is -1.65. The van der Waals surface area contributed by atoms with Crippen LogP contribution in [0.15, 0.2) is 12.4 Å². The molecular weight excluding hydrogens is 228 g/mol. The molecule has 0 bridgehead atoms. The van der Waals surface area contributed by atoms with Crippen LogP contribution in [0.2, 0.25) is 0 Å². The Kier molecular flexibility index (Phi) is 6.11. The summed E-state index contributed by atoms with van der Waals surface area (Å²) in [6.45, 7) is 8.64. The van der Waals surface area contributed by atoms with E-state index >= 15 is 0 Å². The highest BCUT2D eigenvalue weighted by Gasteiger charge is 2.10. The first-order valence-electron chi connectivity index (χ1n) is 6.58. The number of rotatable bonds is 7. The Labute approximate surface area is 109 Å². The molecule has 0 unspecified atom stereocenters. The van der Waals surface area contributed by atoms with Gasteiger partial charge in [0.1, 0.15) is 17.8 Å². The molecule has 0 fully saturated rings. The van der Waals surface area contributed by atoms with Crippen LogP contribution in [-0.4, -0.2) is 35.5 Å². The number of hydrogen-bond donors (Lipinski definition) is 1. The van der Waals surface area contributed by atoms with Crippen LogP contribution in [0.3, 0.4) is 0 Å². The van der Waals surface area contributed by atoms with Crippen molar-refractivity contribution < 1.29 is 4.79 Å². The van der Waals surface area contributed by atoms with Crippen LogP contribution in [0.4, 0.5) is 5.82 Å². The Balaban J connectivity index is 2.72. The van der Waals surface area contributed by atoms with Gasteiger partial charge < -0.3 is 10.2 Å². The van der Waals surface area contributed by atoms with Crippen molar-refractivity contribution >= 4 is 11.7 Å². The second-order valence-corrected chi connectivity index (χ2v) is 4.04. The molecule has 100 valence electrons. The van der Waals surface area contributed by atoms with Crippen molar-refractivity contribution in [3.05, 3.63) is 18.1 Å². The Morgan fingerprint density at radius 3 is 2.61 bits per heavy atom. The van der Waals surface area contributed by atoms with E-state index in [1.165, 1.54) is 6.33 Å². The zero-order chi connectivity index (χ0) is 13.4. The number of unbranched alkanes of at least 4 members (excludes halogenated alkanes) is 1. The standard InChI is InChI=1S/C13H22N4O/c1-4-7-8-14-13(18)11-9-12(16-10-15-11)17(5-2)6-3/h9-10H,4-8H2,1-3H3,(H,14,18). The monoisotopic (exact) mass is 250 g/mol. The summed E-state index contributed by atoms with van der Waals surface area (Å²) in [6, 6.07) is 1.74. The van der Waals surface area contributed by atoms with Gasteiger partial charge in [-0.05, 0) is 20.3 Å². The lowest BCUT2D eigenvalue weighted by Crippen LogP contribution is -2.27. The SMILES string of the molecule is CCCCNC(=O)c1cc(N(CC)CC)ncn1. The van der Waals surface area contributed by atoms with Crippen LogP contribution in [0.25, 0.3) is 0 Å². The minimum Gasteiger partial charge on any atom is -0.357 e. The molecule has 1 aromatic rings. The van der Waals surface area contributed by atoms with Gasteiger partial charge in [0.05, 0.1) is 0 Å². The predicted octanol–water partition coefficient (Wildman–Crippen LogP) is 1.85. The van der Waals surface area contributed by atoms with Gasteiger partial charge in [-0.2, -0.15) is 0 Å². The van der Waals surface area contributed by atoms with Crippen LogP contribution >= 0.6 is 0 Å². The first-order valence-corrected chi connectivity index (χ1v) is 6.58. The number of aromatic nitrogens is 2. The van der Waals surface area contributed by atoms with Gasteiger partial charge in [-0.25, -0.2) is 9.97 Å². The fraction of sp³-hybridized carbons (Fsp3) is 0.615. The van der Waals surface area contributed by atoms with Crippen molar-refractivity contribution in [1.29, 1.82) is 0 Å². The summed E-state index contributed by atoms with van der Waals surface area (Å²) >= 11 is 0. The van der Waals surface area contributed by atoms with Gasteiger partial charge in [-0.3, -0.25) is 4.79 Å². The van der Waals surface area contributed by atoms with Gasteiger partial charge in [-0.15, -0.1) is 0 Å². The molecule has 0 radical (unpaired) electrons. The highest BCUT2D eigenvalue weighted by atomic mass is 16.1. The maximum Gasteiger partial charge on any atom is 0.270 e. The number of anilines is 1. The summed E-state index contributed by atoms with van der Waals surface area (Å²) in [4.78, 5) is 22.2. The molecule has 0 spiro atoms. The normalized spacial score (nSPS) is 10.2. The van der Waals surface area contributed by atoms with Crippen LogP contribution in [0, 0.1) is 0 Å². The zero-order valence-corrected chi connectivity index (χ0v) is 11.4. The second-order valence-electron chi connectivity index (χ2n) is 4.04. The van der Waals surface area contributed by atoms with Gasteiger partial charge in [-0.1, -0.05) is 13.3 Å². The van der Waals surface area contributed by atoms with E-state index < -0.39 is 0 Å². The molecule has 1 rings (SSSR count). The maximum absolute atomic E-state index is 11.9. The average Bonchev–Trinajstić information content (AvgIpc) is 2.41. The van der Waals surface area contributed by atoms with Crippen molar-refractivity contribution in [2.45, 2.75) is 33.6 Å². The number of nitrogens with one attached hydrogen (secondary N) is 1. The molecule has 1 amide bonds. The summed E-state index contributed by atoms with van der Waals surface area (Å²) in [6.07, 6.45) is 3.50. The zero-order valence-electron chi connectivity index (χ0n) is 11.4. The molecule has 5 nitrogen and oxygen atoms in total. The summed E-state index contributed by atoms with van der Waals surface area (Å²) in [5, 5.41) is 2.85. The van der Waals surface area contributed by atoms with Crippen LogP contribution in [0.1, 0.15) is 44.1 Å². The van der Waals surface area contributed by atoms with E-state index in [0.717, 1.165) is 31.7 Å². The number of carbonyl (C=O) groups is 1. The van der Waals surface area contributed by atoms with Gasteiger partial charge in [0.25, 0.3) is 5.91 Å². The summed E-state index contributed by atoms with van der Waals surface area (Å²) in [5.74, 6) is 0.676. The third kappa shape index (κ3) is 3.98. The second kappa shape index (κ2) is 7.63. The summed E-state index contributed by atoms with van der Waals surface area (Å²) in [7, 11) is 0. The first-order chi connectivity index (χ1) is 8.72. The van der Waals surface area contributed by atoms with Crippen LogP contribution in [0.5, 0.6) is 0 Å². The molecule has 18 heavy (non-hydrogen) atoms. The highest BCUT2D eigenvalue weighted by molar-refractivity contribution is 5.92. The molecule has 0 saturated carbocycles. The fourth-order valence-corrected chi connectivity index (χ4v) is 1.66. The number of amides is 1. The Morgan fingerprint density at radius 1 is 1.28 bits per heavy atom. The minimum absolute atomic E-state index is 0.126. The lowest BCUT2D eigenvalue weighted by molar-refractivity contribution is 0.0948. The topological polar surface area (TPSA) is 58.1 Å². The van der Waals surface area contributed by atoms with Crippen molar-refractivity contribution in [2.75, 3.05) is 24.5 Å². The van der Waals surface area contributed by atoms with E-state index in [0.29, 0.717) is 12.2 Å². The van der Waals surface area contributed by atoms with Gasteiger partial charge in [0.15, 0.2) is 0 Å². The maximum atomic E-state index is 11.9. The molecule has 0 aliphatic carbocycles.